The smallest absolute Gasteiger partial charge is 0.243 e. The SMILES string of the molecule is O=S(=O)(c1ccc(S(=O)(=O)N2CCN(CCOc3ccccc3)CC2)cc1)N1CCOCC1. The number of sulfonamides is 2. The average molecular weight is 496 g/mol. The van der Waals surface area contributed by atoms with E-state index in [1.165, 1.54) is 32.9 Å². The van der Waals surface area contributed by atoms with Crippen LogP contribution in [0.25, 0.3) is 0 Å². The fourth-order valence-corrected chi connectivity index (χ4v) is 6.70. The lowest BCUT2D eigenvalue weighted by molar-refractivity contribution is 0.0730. The van der Waals surface area contributed by atoms with Crippen LogP contribution in [0.1, 0.15) is 0 Å². The summed E-state index contributed by atoms with van der Waals surface area (Å²) in [5.41, 5.74) is 0. The van der Waals surface area contributed by atoms with Gasteiger partial charge in [-0.1, -0.05) is 18.2 Å². The van der Waals surface area contributed by atoms with E-state index in [4.69, 9.17) is 9.47 Å². The summed E-state index contributed by atoms with van der Waals surface area (Å²) in [5.74, 6) is 0.817. The van der Waals surface area contributed by atoms with Gasteiger partial charge in [0.1, 0.15) is 12.4 Å². The summed E-state index contributed by atoms with van der Waals surface area (Å²) in [6.45, 7) is 4.54. The largest absolute Gasteiger partial charge is 0.492 e. The molecule has 2 heterocycles. The molecule has 0 unspecified atom stereocenters. The zero-order valence-corrected chi connectivity index (χ0v) is 20.0. The second-order valence-electron chi connectivity index (χ2n) is 7.90. The number of nitrogens with zero attached hydrogens (tertiary/aromatic N) is 3. The standard InChI is InChI=1S/C22H29N3O6S2/c26-32(27,21-6-8-22(9-7-21)33(28,29)25-15-17-30-18-16-25)24-12-10-23(11-13-24)14-19-31-20-4-2-1-3-5-20/h1-9H,10-19H2. The fraction of sp³-hybridized carbons (Fsp3) is 0.455. The molecule has 2 aromatic carbocycles. The van der Waals surface area contributed by atoms with E-state index in [1.54, 1.807) is 0 Å². The molecule has 11 heteroatoms. The van der Waals surface area contributed by atoms with E-state index in [-0.39, 0.29) is 9.79 Å². The van der Waals surface area contributed by atoms with Crippen molar-refractivity contribution in [2.24, 2.45) is 0 Å². The lowest BCUT2D eigenvalue weighted by atomic mass is 10.3. The van der Waals surface area contributed by atoms with Gasteiger partial charge < -0.3 is 9.47 Å². The third-order valence-corrected chi connectivity index (χ3v) is 9.65. The Hall–Kier alpha value is -2.02. The summed E-state index contributed by atoms with van der Waals surface area (Å²) < 4.78 is 65.4. The van der Waals surface area contributed by atoms with Crippen molar-refractivity contribution in [3.63, 3.8) is 0 Å². The number of para-hydroxylation sites is 1. The third kappa shape index (κ3) is 5.73. The molecule has 9 nitrogen and oxygen atoms in total. The van der Waals surface area contributed by atoms with Crippen LogP contribution in [0, 0.1) is 0 Å². The first-order valence-corrected chi connectivity index (χ1v) is 13.8. The monoisotopic (exact) mass is 495 g/mol. The average Bonchev–Trinajstić information content (AvgIpc) is 2.86. The molecule has 4 rings (SSSR count). The highest BCUT2D eigenvalue weighted by atomic mass is 32.2. The predicted molar refractivity (Wildman–Crippen MR) is 123 cm³/mol. The molecular weight excluding hydrogens is 466 g/mol. The van der Waals surface area contributed by atoms with Gasteiger partial charge in [-0.05, 0) is 36.4 Å². The third-order valence-electron chi connectivity index (χ3n) is 5.82. The van der Waals surface area contributed by atoms with Gasteiger partial charge in [-0.15, -0.1) is 0 Å². The molecule has 0 saturated carbocycles. The van der Waals surface area contributed by atoms with Crippen LogP contribution >= 0.6 is 0 Å². The summed E-state index contributed by atoms with van der Waals surface area (Å²) in [4.78, 5) is 2.36. The highest BCUT2D eigenvalue weighted by Crippen LogP contribution is 2.22. The van der Waals surface area contributed by atoms with Crippen LogP contribution in [-0.4, -0.2) is 96.0 Å². The lowest BCUT2D eigenvalue weighted by Crippen LogP contribution is -2.49. The molecule has 180 valence electrons. The first kappa shape index (κ1) is 24.1. The van der Waals surface area contributed by atoms with Crippen molar-refractivity contribution in [1.29, 1.82) is 0 Å². The Morgan fingerprint density at radius 2 is 1.21 bits per heavy atom. The Balaban J connectivity index is 1.32. The van der Waals surface area contributed by atoms with Crippen molar-refractivity contribution in [3.8, 4) is 5.75 Å². The maximum absolute atomic E-state index is 13.1. The Morgan fingerprint density at radius 1 is 0.697 bits per heavy atom. The minimum absolute atomic E-state index is 0.0894. The van der Waals surface area contributed by atoms with Crippen molar-refractivity contribution in [3.05, 3.63) is 54.6 Å². The molecule has 2 fully saturated rings. The van der Waals surface area contributed by atoms with Crippen molar-refractivity contribution in [1.82, 2.24) is 13.5 Å². The molecule has 0 amide bonds. The lowest BCUT2D eigenvalue weighted by Gasteiger charge is -2.33. The van der Waals surface area contributed by atoms with Gasteiger partial charge in [-0.2, -0.15) is 8.61 Å². The van der Waals surface area contributed by atoms with Gasteiger partial charge in [-0.25, -0.2) is 16.8 Å². The van der Waals surface area contributed by atoms with E-state index in [0.29, 0.717) is 59.1 Å². The summed E-state index contributed by atoms with van der Waals surface area (Å²) >= 11 is 0. The van der Waals surface area contributed by atoms with Gasteiger partial charge in [0, 0.05) is 45.8 Å². The molecule has 0 aromatic heterocycles. The van der Waals surface area contributed by atoms with E-state index in [1.807, 2.05) is 30.3 Å². The molecule has 2 saturated heterocycles. The molecule has 0 N–H and O–H groups in total. The molecule has 0 atom stereocenters. The summed E-state index contributed by atoms with van der Waals surface area (Å²) in [6.07, 6.45) is 0. The minimum Gasteiger partial charge on any atom is -0.492 e. The van der Waals surface area contributed by atoms with Gasteiger partial charge in [0.2, 0.25) is 20.0 Å². The quantitative estimate of drug-likeness (QED) is 0.541. The van der Waals surface area contributed by atoms with E-state index in [9.17, 15) is 16.8 Å². The number of benzene rings is 2. The molecule has 0 aliphatic carbocycles. The van der Waals surface area contributed by atoms with Crippen molar-refractivity contribution >= 4 is 20.0 Å². The van der Waals surface area contributed by atoms with Crippen LogP contribution in [0.2, 0.25) is 0 Å². The second kappa shape index (κ2) is 10.5. The highest BCUT2D eigenvalue weighted by molar-refractivity contribution is 7.89. The number of hydrogen-bond donors (Lipinski definition) is 0. The molecule has 2 aliphatic heterocycles. The predicted octanol–water partition coefficient (Wildman–Crippen LogP) is 1.09. The molecule has 0 radical (unpaired) electrons. The minimum atomic E-state index is -3.69. The zero-order valence-electron chi connectivity index (χ0n) is 18.4. The number of piperazine rings is 1. The summed E-state index contributed by atoms with van der Waals surface area (Å²) in [5, 5.41) is 0. The van der Waals surface area contributed by atoms with Gasteiger partial charge in [0.25, 0.3) is 0 Å². The highest BCUT2D eigenvalue weighted by Gasteiger charge is 2.30. The van der Waals surface area contributed by atoms with Gasteiger partial charge in [-0.3, -0.25) is 4.90 Å². The van der Waals surface area contributed by atoms with Crippen molar-refractivity contribution < 1.29 is 26.3 Å². The Labute approximate surface area is 195 Å². The summed E-state index contributed by atoms with van der Waals surface area (Å²) in [6, 6.07) is 15.1. The fourth-order valence-electron chi connectivity index (χ4n) is 3.87. The topological polar surface area (TPSA) is 96.5 Å². The van der Waals surface area contributed by atoms with Crippen LogP contribution in [0.15, 0.2) is 64.4 Å². The number of hydrogen-bond acceptors (Lipinski definition) is 7. The molecule has 33 heavy (non-hydrogen) atoms. The van der Waals surface area contributed by atoms with E-state index >= 15 is 0 Å². The van der Waals surface area contributed by atoms with Gasteiger partial charge >= 0.3 is 0 Å². The van der Waals surface area contributed by atoms with Gasteiger partial charge in [0.05, 0.1) is 23.0 Å². The van der Waals surface area contributed by atoms with E-state index in [0.717, 1.165) is 12.3 Å². The molecule has 2 aromatic rings. The molecular formula is C22H29N3O6S2. The Kier molecular flexibility index (Phi) is 7.67. The second-order valence-corrected chi connectivity index (χ2v) is 11.8. The molecule has 2 aliphatic rings. The first-order valence-electron chi connectivity index (χ1n) is 11.0. The summed E-state index contributed by atoms with van der Waals surface area (Å²) in [7, 11) is -7.35. The Bertz CT molecular complexity index is 1110. The first-order chi connectivity index (χ1) is 15.9. The normalized spacial score (nSPS) is 19.4. The molecule has 0 spiro atoms. The molecule has 0 bridgehead atoms. The van der Waals surface area contributed by atoms with Crippen LogP contribution in [-0.2, 0) is 24.8 Å². The zero-order chi connectivity index (χ0) is 23.3. The maximum Gasteiger partial charge on any atom is 0.243 e. The van der Waals surface area contributed by atoms with E-state index in [2.05, 4.69) is 4.90 Å². The van der Waals surface area contributed by atoms with Crippen molar-refractivity contribution in [2.75, 3.05) is 65.6 Å². The van der Waals surface area contributed by atoms with Gasteiger partial charge in [0.15, 0.2) is 0 Å². The maximum atomic E-state index is 13.1. The van der Waals surface area contributed by atoms with Crippen LogP contribution in [0.5, 0.6) is 5.75 Å². The van der Waals surface area contributed by atoms with Crippen LogP contribution in [0.4, 0.5) is 0 Å². The Morgan fingerprint density at radius 3 is 1.76 bits per heavy atom. The number of ether oxygens (including phenoxy) is 2. The number of morpholine rings is 1. The van der Waals surface area contributed by atoms with Crippen molar-refractivity contribution in [2.45, 2.75) is 9.79 Å². The van der Waals surface area contributed by atoms with E-state index < -0.39 is 20.0 Å². The van der Waals surface area contributed by atoms with Crippen LogP contribution < -0.4 is 4.74 Å². The van der Waals surface area contributed by atoms with Crippen LogP contribution in [0.3, 0.4) is 0 Å². The number of rotatable bonds is 8.